The maximum absolute atomic E-state index is 2.84. The van der Waals surface area contributed by atoms with Gasteiger partial charge in [0, 0.05) is 5.54 Å². The highest BCUT2D eigenvalue weighted by atomic mass is 28.3. The normalized spacial score (nSPS) is 13.6. The van der Waals surface area contributed by atoms with Gasteiger partial charge in [-0.3, -0.25) is 0 Å². The second-order valence-electron chi connectivity index (χ2n) is 20.3. The number of hydrogen-bond donors (Lipinski definition) is 0. The van der Waals surface area contributed by atoms with E-state index in [-0.39, 0.29) is 0 Å². The molecule has 0 amide bonds. The Morgan fingerprint density at radius 2 is 0.609 bits per heavy atom. The third kappa shape index (κ3) is 15.5. The lowest BCUT2D eigenvalue weighted by atomic mass is 10.00. The first kappa shape index (κ1) is 51.8. The van der Waals surface area contributed by atoms with Crippen LogP contribution in [0.3, 0.4) is 0 Å². The number of hydrogen-bond acceptors (Lipinski definition) is 0. The highest BCUT2D eigenvalue weighted by Crippen LogP contribution is 2.38. The summed E-state index contributed by atoms with van der Waals surface area (Å²) in [6, 6.07) is 34.3. The fourth-order valence-corrected chi connectivity index (χ4v) is 16.7. The monoisotopic (exact) mass is 879 g/mol. The van der Waals surface area contributed by atoms with Crippen molar-refractivity contribution < 1.29 is 0 Å². The molecule has 5 rings (SSSR count). The summed E-state index contributed by atoms with van der Waals surface area (Å²) < 4.78 is 0. The molecule has 1 heteroatoms. The third-order valence-corrected chi connectivity index (χ3v) is 19.7. The minimum Gasteiger partial charge on any atom is -0.0781 e. The molecule has 350 valence electrons. The summed E-state index contributed by atoms with van der Waals surface area (Å²) >= 11 is 0. The molecule has 0 nitrogen and oxygen atoms in total. The van der Waals surface area contributed by atoms with Crippen LogP contribution in [0.1, 0.15) is 246 Å². The molecule has 1 aliphatic rings. The molecule has 4 aromatic carbocycles. The van der Waals surface area contributed by atoms with Crippen molar-refractivity contribution in [2.45, 2.75) is 240 Å². The van der Waals surface area contributed by atoms with Crippen LogP contribution in [0.4, 0.5) is 0 Å². The van der Waals surface area contributed by atoms with Crippen LogP contribution in [0.25, 0.3) is 6.08 Å². The zero-order chi connectivity index (χ0) is 45.2. The highest BCUT2D eigenvalue weighted by Gasteiger charge is 2.48. The van der Waals surface area contributed by atoms with Crippen molar-refractivity contribution in [2.24, 2.45) is 0 Å². The molecule has 0 saturated carbocycles. The summed E-state index contributed by atoms with van der Waals surface area (Å²) in [5.41, 5.74) is 12.9. The van der Waals surface area contributed by atoms with E-state index in [4.69, 9.17) is 0 Å². The Morgan fingerprint density at radius 1 is 0.328 bits per heavy atom. The summed E-state index contributed by atoms with van der Waals surface area (Å²) in [6.45, 7) is 14.1. The van der Waals surface area contributed by atoms with Crippen LogP contribution in [-0.2, 0) is 38.5 Å². The van der Waals surface area contributed by atoms with Gasteiger partial charge >= 0.3 is 0 Å². The Kier molecular flexibility index (Phi) is 23.9. The third-order valence-electron chi connectivity index (χ3n) is 14.7. The van der Waals surface area contributed by atoms with Gasteiger partial charge in [0.25, 0.3) is 0 Å². The Morgan fingerprint density at radius 3 is 0.891 bits per heavy atom. The molecular formula is C63H94Si. The number of allylic oxidation sites excluding steroid dienone is 1. The van der Waals surface area contributed by atoms with Crippen molar-refractivity contribution in [3.63, 3.8) is 0 Å². The van der Waals surface area contributed by atoms with Crippen molar-refractivity contribution >= 4 is 29.7 Å². The second-order valence-corrected chi connectivity index (χ2v) is 24.2. The van der Waals surface area contributed by atoms with Gasteiger partial charge in [-0.05, 0) is 137 Å². The Hall–Kier alpha value is -3.16. The van der Waals surface area contributed by atoms with E-state index in [1.807, 2.05) is 0 Å². The predicted octanol–water partition coefficient (Wildman–Crippen LogP) is 17.2. The molecule has 0 radical (unpaired) electrons. The van der Waals surface area contributed by atoms with E-state index in [1.54, 1.807) is 54.5 Å². The molecule has 0 fully saturated rings. The van der Waals surface area contributed by atoms with Crippen LogP contribution < -0.4 is 15.6 Å². The largest absolute Gasteiger partial charge is 0.159 e. The number of unbranched alkanes of at least 4 members (excludes halogenated alkanes) is 18. The summed E-state index contributed by atoms with van der Waals surface area (Å²) in [5, 5.41) is 5.03. The minimum absolute atomic E-state index is 0.332. The number of aryl methyl sites for hydroxylation is 6. The Labute approximate surface area is 397 Å². The standard InChI is InChI=1S/C63H94Si/c1-7-13-19-25-33-52-43-53(34-26-20-14-8-2)47-59(46-52)64(63-42-41-58-39-31-32-40-62(58)63,60-48-54(35-27-21-15-9-3)44-55(49-60)36-28-22-16-10-4)61-50-56(37-29-23-17-11-5)45-57(51-61)38-30-24-18-12-6/h31-32,39-51,63H,7-30,33-38H2,1-6H3. The Balaban J connectivity index is 1.87. The van der Waals surface area contributed by atoms with Gasteiger partial charge in [-0.1, -0.05) is 248 Å². The van der Waals surface area contributed by atoms with E-state index in [1.165, 1.54) is 198 Å². The van der Waals surface area contributed by atoms with Crippen LogP contribution in [0.15, 0.2) is 84.9 Å². The molecule has 0 N–H and O–H groups in total. The molecule has 1 aliphatic carbocycles. The van der Waals surface area contributed by atoms with Crippen LogP contribution in [0.5, 0.6) is 0 Å². The van der Waals surface area contributed by atoms with Crippen LogP contribution in [-0.4, -0.2) is 8.07 Å². The van der Waals surface area contributed by atoms with Gasteiger partial charge in [-0.25, -0.2) is 0 Å². The van der Waals surface area contributed by atoms with Crippen LogP contribution >= 0.6 is 0 Å². The maximum Gasteiger partial charge on any atom is 0.159 e. The molecular weight excluding hydrogens is 785 g/mol. The van der Waals surface area contributed by atoms with Crippen molar-refractivity contribution in [2.75, 3.05) is 0 Å². The maximum atomic E-state index is 2.80. The van der Waals surface area contributed by atoms with Crippen molar-refractivity contribution in [1.29, 1.82) is 0 Å². The van der Waals surface area contributed by atoms with Gasteiger partial charge in [0.05, 0.1) is 0 Å². The minimum atomic E-state index is -2.84. The quantitative estimate of drug-likeness (QED) is 0.0249. The second kappa shape index (κ2) is 29.5. The van der Waals surface area contributed by atoms with E-state index in [9.17, 15) is 0 Å². The molecule has 1 unspecified atom stereocenters. The van der Waals surface area contributed by atoms with Crippen LogP contribution in [0, 0.1) is 0 Å². The topological polar surface area (TPSA) is 0 Å². The number of fused-ring (bicyclic) bond motifs is 1. The highest BCUT2D eigenvalue weighted by molar-refractivity contribution is 7.12. The SMILES string of the molecule is CCCCCCc1cc(CCCCCC)cc([Si](c2cc(CCCCCC)cc(CCCCCC)c2)(c2cc(CCCCCC)cc(CCCCCC)c2)C2C=Cc3ccccc32)c1. The molecule has 0 saturated heterocycles. The molecule has 0 aliphatic heterocycles. The fraction of sp³-hybridized carbons (Fsp3) is 0.587. The number of benzene rings is 4. The summed E-state index contributed by atoms with van der Waals surface area (Å²) in [7, 11) is -2.84. The van der Waals surface area contributed by atoms with Crippen molar-refractivity contribution in [1.82, 2.24) is 0 Å². The molecule has 0 spiro atoms. The molecule has 1 atom stereocenters. The van der Waals surface area contributed by atoms with E-state index in [2.05, 4.69) is 133 Å². The smallest absolute Gasteiger partial charge is 0.0781 e. The summed E-state index contributed by atoms with van der Waals surface area (Å²) in [5.74, 6) is 0. The van der Waals surface area contributed by atoms with Gasteiger partial charge in [0.2, 0.25) is 0 Å². The Bertz CT molecular complexity index is 1660. The molecule has 4 aromatic rings. The average molecular weight is 880 g/mol. The number of rotatable bonds is 34. The van der Waals surface area contributed by atoms with Crippen LogP contribution in [0.2, 0.25) is 0 Å². The summed E-state index contributed by atoms with van der Waals surface area (Å²) in [4.78, 5) is 0. The van der Waals surface area contributed by atoms with Crippen molar-refractivity contribution in [3.05, 3.63) is 129 Å². The average Bonchev–Trinajstić information content (AvgIpc) is 3.74. The van der Waals surface area contributed by atoms with Crippen molar-refractivity contribution in [3.8, 4) is 0 Å². The lowest BCUT2D eigenvalue weighted by Gasteiger charge is -2.40. The molecule has 64 heavy (non-hydrogen) atoms. The predicted molar refractivity (Wildman–Crippen MR) is 289 cm³/mol. The van der Waals surface area contributed by atoms with Gasteiger partial charge in [-0.2, -0.15) is 0 Å². The summed E-state index contributed by atoms with van der Waals surface area (Å²) in [6.07, 6.45) is 43.8. The fourth-order valence-electron chi connectivity index (χ4n) is 11.0. The molecule has 0 heterocycles. The first-order chi connectivity index (χ1) is 31.5. The van der Waals surface area contributed by atoms with E-state index in [0.717, 1.165) is 0 Å². The van der Waals surface area contributed by atoms with Gasteiger partial charge in [0.1, 0.15) is 0 Å². The van der Waals surface area contributed by atoms with Gasteiger partial charge < -0.3 is 0 Å². The first-order valence-corrected chi connectivity index (χ1v) is 29.7. The van der Waals surface area contributed by atoms with Gasteiger partial charge in [0.15, 0.2) is 8.07 Å². The molecule has 0 aromatic heterocycles. The van der Waals surface area contributed by atoms with E-state index in [0.29, 0.717) is 5.54 Å². The zero-order valence-electron chi connectivity index (χ0n) is 42.5. The van der Waals surface area contributed by atoms with E-state index < -0.39 is 8.07 Å². The molecule has 0 bridgehead atoms. The first-order valence-electron chi connectivity index (χ1n) is 27.7. The lowest BCUT2D eigenvalue weighted by Crippen LogP contribution is -2.71. The lowest BCUT2D eigenvalue weighted by molar-refractivity contribution is 0.661. The zero-order valence-corrected chi connectivity index (χ0v) is 43.5. The van der Waals surface area contributed by atoms with Gasteiger partial charge in [-0.15, -0.1) is 0 Å². The van der Waals surface area contributed by atoms with E-state index >= 15 is 0 Å².